The summed E-state index contributed by atoms with van der Waals surface area (Å²) in [6.45, 7) is 1.85. The summed E-state index contributed by atoms with van der Waals surface area (Å²) in [5.74, 6) is 0.494. The van der Waals surface area contributed by atoms with Gasteiger partial charge in [0.05, 0.1) is 6.61 Å². The molecule has 0 fully saturated rings. The Hall–Kier alpha value is -2.95. The average Bonchev–Trinajstić information content (AvgIpc) is 2.54. The lowest BCUT2D eigenvalue weighted by molar-refractivity contribution is -0.132. The second kappa shape index (κ2) is 7.89. The molecule has 0 atom stereocenters. The van der Waals surface area contributed by atoms with E-state index in [1.807, 2.05) is 18.2 Å². The number of carbonyl (C=O) groups is 1. The Morgan fingerprint density at radius 1 is 1.13 bits per heavy atom. The van der Waals surface area contributed by atoms with Gasteiger partial charge >= 0.3 is 5.97 Å². The normalized spacial score (nSPS) is 11.1. The van der Waals surface area contributed by atoms with Crippen molar-refractivity contribution in [3.63, 3.8) is 0 Å². The van der Waals surface area contributed by atoms with Crippen molar-refractivity contribution in [2.75, 3.05) is 6.61 Å². The van der Waals surface area contributed by atoms with Gasteiger partial charge in [0.15, 0.2) is 11.5 Å². The summed E-state index contributed by atoms with van der Waals surface area (Å²) in [5, 5.41) is 18.7. The highest BCUT2D eigenvalue weighted by Crippen LogP contribution is 2.33. The first-order valence-electron chi connectivity index (χ1n) is 7.15. The van der Waals surface area contributed by atoms with Crippen LogP contribution in [0.15, 0.2) is 60.2 Å². The van der Waals surface area contributed by atoms with Crippen molar-refractivity contribution in [3.8, 4) is 23.0 Å². The molecule has 0 amide bonds. The zero-order valence-electron chi connectivity index (χ0n) is 12.7. The minimum absolute atomic E-state index is 0.0244. The van der Waals surface area contributed by atoms with E-state index >= 15 is 0 Å². The molecule has 120 valence electrons. The standard InChI is InChI=1S/C18H18O5/c1-13(18(20)21)6-5-11-22-15-9-10-17(16(19)12-15)23-14-7-3-2-4-8-14/h2-4,6-10,12,19H,5,11H2,1H3,(H,20,21). The fraction of sp³-hybridized carbons (Fsp3) is 0.167. The van der Waals surface area contributed by atoms with Crippen molar-refractivity contribution < 1.29 is 24.5 Å². The molecule has 0 saturated carbocycles. The Labute approximate surface area is 134 Å². The predicted octanol–water partition coefficient (Wildman–Crippen LogP) is 3.98. The lowest BCUT2D eigenvalue weighted by Gasteiger charge is -2.10. The Bertz CT molecular complexity index is 692. The number of benzene rings is 2. The lowest BCUT2D eigenvalue weighted by atomic mass is 10.2. The number of ether oxygens (including phenoxy) is 2. The summed E-state index contributed by atoms with van der Waals surface area (Å²) in [6, 6.07) is 13.9. The van der Waals surface area contributed by atoms with Crippen molar-refractivity contribution in [1.29, 1.82) is 0 Å². The van der Waals surface area contributed by atoms with Gasteiger partial charge in [0.2, 0.25) is 0 Å². The van der Waals surface area contributed by atoms with Crippen LogP contribution >= 0.6 is 0 Å². The van der Waals surface area contributed by atoms with Crippen molar-refractivity contribution in [2.24, 2.45) is 0 Å². The number of aromatic hydroxyl groups is 1. The second-order valence-corrected chi connectivity index (χ2v) is 4.87. The predicted molar refractivity (Wildman–Crippen MR) is 86.1 cm³/mol. The molecule has 0 unspecified atom stereocenters. The number of carboxylic acid groups (broad SMARTS) is 1. The van der Waals surface area contributed by atoms with Gasteiger partial charge in [0, 0.05) is 18.1 Å². The molecular formula is C18H18O5. The summed E-state index contributed by atoms with van der Waals surface area (Å²) in [6.07, 6.45) is 2.07. The van der Waals surface area contributed by atoms with E-state index in [0.717, 1.165) is 0 Å². The van der Waals surface area contributed by atoms with E-state index in [0.29, 0.717) is 30.3 Å². The van der Waals surface area contributed by atoms with Crippen LogP contribution in [0.4, 0.5) is 0 Å². The lowest BCUT2D eigenvalue weighted by Crippen LogP contribution is -1.99. The Morgan fingerprint density at radius 2 is 1.87 bits per heavy atom. The molecule has 0 heterocycles. The van der Waals surface area contributed by atoms with Gasteiger partial charge in [-0.1, -0.05) is 24.3 Å². The summed E-state index contributed by atoms with van der Waals surface area (Å²) >= 11 is 0. The van der Waals surface area contributed by atoms with Gasteiger partial charge in [0.25, 0.3) is 0 Å². The van der Waals surface area contributed by atoms with Crippen LogP contribution in [0.25, 0.3) is 0 Å². The van der Waals surface area contributed by atoms with Crippen molar-refractivity contribution in [1.82, 2.24) is 0 Å². The number of hydrogen-bond donors (Lipinski definition) is 2. The Morgan fingerprint density at radius 3 is 2.52 bits per heavy atom. The molecule has 0 aliphatic rings. The smallest absolute Gasteiger partial charge is 0.330 e. The molecule has 0 bridgehead atoms. The van der Waals surface area contributed by atoms with E-state index in [-0.39, 0.29) is 11.3 Å². The largest absolute Gasteiger partial charge is 0.504 e. The first kappa shape index (κ1) is 16.4. The molecule has 2 aromatic carbocycles. The van der Waals surface area contributed by atoms with Crippen LogP contribution < -0.4 is 9.47 Å². The highest BCUT2D eigenvalue weighted by atomic mass is 16.5. The number of carboxylic acids is 1. The third kappa shape index (κ3) is 5.07. The molecule has 2 N–H and O–H groups in total. The third-order valence-corrected chi connectivity index (χ3v) is 3.08. The van der Waals surface area contributed by atoms with E-state index in [9.17, 15) is 9.90 Å². The van der Waals surface area contributed by atoms with E-state index < -0.39 is 5.97 Å². The molecule has 5 nitrogen and oxygen atoms in total. The highest BCUT2D eigenvalue weighted by molar-refractivity contribution is 5.85. The highest BCUT2D eigenvalue weighted by Gasteiger charge is 2.06. The molecule has 0 aliphatic carbocycles. The minimum Gasteiger partial charge on any atom is -0.504 e. The molecule has 0 spiro atoms. The van der Waals surface area contributed by atoms with Gasteiger partial charge in [-0.05, 0) is 31.2 Å². The van der Waals surface area contributed by atoms with Crippen LogP contribution in [0.1, 0.15) is 13.3 Å². The zero-order chi connectivity index (χ0) is 16.7. The number of phenolic OH excluding ortho intramolecular Hbond substituents is 1. The maximum atomic E-state index is 10.6. The van der Waals surface area contributed by atoms with E-state index in [4.69, 9.17) is 14.6 Å². The molecule has 23 heavy (non-hydrogen) atoms. The van der Waals surface area contributed by atoms with Crippen LogP contribution in [0.3, 0.4) is 0 Å². The van der Waals surface area contributed by atoms with Crippen LogP contribution in [-0.4, -0.2) is 22.8 Å². The number of phenols is 1. The fourth-order valence-electron chi connectivity index (χ4n) is 1.83. The van der Waals surface area contributed by atoms with Crippen molar-refractivity contribution in [3.05, 3.63) is 60.2 Å². The molecule has 0 aromatic heterocycles. The average molecular weight is 314 g/mol. The van der Waals surface area contributed by atoms with Gasteiger partial charge in [0.1, 0.15) is 11.5 Å². The van der Waals surface area contributed by atoms with Gasteiger partial charge in [-0.3, -0.25) is 0 Å². The van der Waals surface area contributed by atoms with Crippen LogP contribution in [0.2, 0.25) is 0 Å². The Kier molecular flexibility index (Phi) is 5.63. The van der Waals surface area contributed by atoms with Crippen LogP contribution in [-0.2, 0) is 4.79 Å². The summed E-state index contributed by atoms with van der Waals surface area (Å²) < 4.78 is 11.0. The van der Waals surface area contributed by atoms with Crippen molar-refractivity contribution >= 4 is 5.97 Å². The minimum atomic E-state index is -0.940. The third-order valence-electron chi connectivity index (χ3n) is 3.08. The fourth-order valence-corrected chi connectivity index (χ4v) is 1.83. The topological polar surface area (TPSA) is 76.0 Å². The second-order valence-electron chi connectivity index (χ2n) is 4.87. The van der Waals surface area contributed by atoms with E-state index in [1.165, 1.54) is 13.0 Å². The number of rotatable bonds is 7. The van der Waals surface area contributed by atoms with E-state index in [1.54, 1.807) is 30.3 Å². The van der Waals surface area contributed by atoms with Crippen LogP contribution in [0.5, 0.6) is 23.0 Å². The molecule has 2 aromatic rings. The molecule has 0 saturated heterocycles. The first-order valence-corrected chi connectivity index (χ1v) is 7.15. The van der Waals surface area contributed by atoms with Gasteiger partial charge < -0.3 is 19.7 Å². The summed E-state index contributed by atoms with van der Waals surface area (Å²) in [7, 11) is 0. The van der Waals surface area contributed by atoms with Crippen LogP contribution in [0, 0.1) is 0 Å². The first-order chi connectivity index (χ1) is 11.1. The number of aliphatic carboxylic acids is 1. The maximum Gasteiger partial charge on any atom is 0.330 e. The zero-order valence-corrected chi connectivity index (χ0v) is 12.7. The Balaban J connectivity index is 1.92. The molecule has 0 radical (unpaired) electrons. The van der Waals surface area contributed by atoms with Gasteiger partial charge in [-0.25, -0.2) is 4.79 Å². The maximum absolute atomic E-state index is 10.6. The quantitative estimate of drug-likeness (QED) is 0.597. The molecule has 2 rings (SSSR count). The summed E-state index contributed by atoms with van der Waals surface area (Å²) in [5.41, 5.74) is 0.281. The molecule has 0 aliphatic heterocycles. The van der Waals surface area contributed by atoms with Gasteiger partial charge in [-0.2, -0.15) is 0 Å². The van der Waals surface area contributed by atoms with E-state index in [2.05, 4.69) is 0 Å². The monoisotopic (exact) mass is 314 g/mol. The molecular weight excluding hydrogens is 296 g/mol. The SMILES string of the molecule is CC(=CCCOc1ccc(Oc2ccccc2)c(O)c1)C(=O)O. The summed E-state index contributed by atoms with van der Waals surface area (Å²) in [4.78, 5) is 10.6. The van der Waals surface area contributed by atoms with Gasteiger partial charge in [-0.15, -0.1) is 0 Å². The number of para-hydroxylation sites is 1. The molecule has 5 heteroatoms. The van der Waals surface area contributed by atoms with Crippen molar-refractivity contribution in [2.45, 2.75) is 13.3 Å². The number of hydrogen-bond acceptors (Lipinski definition) is 4.